The third-order valence-electron chi connectivity index (χ3n) is 4.66. The maximum atomic E-state index is 11.1. The minimum Gasteiger partial charge on any atom is -0.497 e. The molecule has 0 bridgehead atoms. The second-order valence-electron chi connectivity index (χ2n) is 6.48. The Hall–Kier alpha value is -3.03. The number of ether oxygens (including phenoxy) is 2. The van der Waals surface area contributed by atoms with Gasteiger partial charge < -0.3 is 24.8 Å². The summed E-state index contributed by atoms with van der Waals surface area (Å²) in [5.41, 5.74) is 1.53. The zero-order valence-electron chi connectivity index (χ0n) is 15.7. The van der Waals surface area contributed by atoms with Crippen LogP contribution in [0.15, 0.2) is 24.3 Å². The molecule has 3 rings (SSSR count). The summed E-state index contributed by atoms with van der Waals surface area (Å²) in [6.45, 7) is 3.23. The SMILES string of the molecule is COc1ccc(OC)c(Nc2nc(C)cc(N3CCC(C(=O)O)CC3)n2)c1. The number of carboxylic acids is 1. The summed E-state index contributed by atoms with van der Waals surface area (Å²) in [5.74, 6) is 1.60. The van der Waals surface area contributed by atoms with Crippen LogP contribution in [0.5, 0.6) is 11.5 Å². The number of carbonyl (C=O) groups is 1. The summed E-state index contributed by atoms with van der Waals surface area (Å²) < 4.78 is 10.7. The number of hydrogen-bond acceptors (Lipinski definition) is 7. The van der Waals surface area contributed by atoms with Crippen LogP contribution in [0.2, 0.25) is 0 Å². The molecule has 0 aliphatic carbocycles. The lowest BCUT2D eigenvalue weighted by Crippen LogP contribution is -2.36. The highest BCUT2D eigenvalue weighted by Gasteiger charge is 2.25. The number of hydrogen-bond donors (Lipinski definition) is 2. The van der Waals surface area contributed by atoms with Gasteiger partial charge >= 0.3 is 5.97 Å². The monoisotopic (exact) mass is 372 g/mol. The number of piperidine rings is 1. The third kappa shape index (κ3) is 4.39. The lowest BCUT2D eigenvalue weighted by Gasteiger charge is -2.31. The second-order valence-corrected chi connectivity index (χ2v) is 6.48. The van der Waals surface area contributed by atoms with Crippen molar-refractivity contribution in [2.75, 3.05) is 37.5 Å². The standard InChI is InChI=1S/C19H24N4O4/c1-12-10-17(23-8-6-13(7-9-23)18(24)25)22-19(20-12)21-15-11-14(26-2)4-5-16(15)27-3/h4-5,10-11,13H,6-9H2,1-3H3,(H,24,25)(H,20,21,22). The van der Waals surface area contributed by atoms with Crippen molar-refractivity contribution in [3.05, 3.63) is 30.0 Å². The zero-order valence-corrected chi connectivity index (χ0v) is 15.7. The molecule has 1 saturated heterocycles. The highest BCUT2D eigenvalue weighted by Crippen LogP contribution is 2.31. The fraction of sp³-hybridized carbons (Fsp3) is 0.421. The highest BCUT2D eigenvalue weighted by molar-refractivity contribution is 5.70. The maximum absolute atomic E-state index is 11.1. The van der Waals surface area contributed by atoms with E-state index in [0.29, 0.717) is 49.1 Å². The Kier molecular flexibility index (Phi) is 5.63. The summed E-state index contributed by atoms with van der Waals surface area (Å²) in [5, 5.41) is 12.4. The summed E-state index contributed by atoms with van der Waals surface area (Å²) in [6, 6.07) is 7.37. The molecule has 0 amide bonds. The van der Waals surface area contributed by atoms with Crippen LogP contribution in [0.4, 0.5) is 17.5 Å². The number of nitrogens with one attached hydrogen (secondary N) is 1. The average Bonchev–Trinajstić information content (AvgIpc) is 2.67. The Morgan fingerprint density at radius 3 is 2.56 bits per heavy atom. The first kappa shape index (κ1) is 18.8. The molecule has 1 fully saturated rings. The van der Waals surface area contributed by atoms with Gasteiger partial charge in [-0.1, -0.05) is 0 Å². The Balaban J connectivity index is 1.81. The molecule has 0 saturated carbocycles. The van der Waals surface area contributed by atoms with Crippen LogP contribution >= 0.6 is 0 Å². The molecule has 1 aliphatic rings. The molecular formula is C19H24N4O4. The van der Waals surface area contributed by atoms with E-state index in [9.17, 15) is 4.79 Å². The number of aliphatic carboxylic acids is 1. The van der Waals surface area contributed by atoms with Crippen molar-refractivity contribution in [2.45, 2.75) is 19.8 Å². The molecule has 144 valence electrons. The quantitative estimate of drug-likeness (QED) is 0.799. The van der Waals surface area contributed by atoms with Crippen molar-refractivity contribution in [3.8, 4) is 11.5 Å². The Morgan fingerprint density at radius 2 is 1.93 bits per heavy atom. The molecule has 8 nitrogen and oxygen atoms in total. The van der Waals surface area contributed by atoms with Gasteiger partial charge in [0, 0.05) is 30.9 Å². The van der Waals surface area contributed by atoms with E-state index in [0.717, 1.165) is 11.5 Å². The Bertz CT molecular complexity index is 819. The number of methoxy groups -OCH3 is 2. The zero-order chi connectivity index (χ0) is 19.4. The van der Waals surface area contributed by atoms with E-state index in [4.69, 9.17) is 14.6 Å². The fourth-order valence-electron chi connectivity index (χ4n) is 3.16. The van der Waals surface area contributed by atoms with Crippen LogP contribution in [0.1, 0.15) is 18.5 Å². The Labute approximate surface area is 158 Å². The van der Waals surface area contributed by atoms with Crippen LogP contribution in [-0.4, -0.2) is 48.4 Å². The van der Waals surface area contributed by atoms with E-state index < -0.39 is 5.97 Å². The Morgan fingerprint density at radius 1 is 1.19 bits per heavy atom. The number of rotatable bonds is 6. The van der Waals surface area contributed by atoms with E-state index in [2.05, 4.69) is 20.2 Å². The number of benzene rings is 1. The molecule has 2 aromatic rings. The van der Waals surface area contributed by atoms with Crippen molar-refractivity contribution >= 4 is 23.4 Å². The lowest BCUT2D eigenvalue weighted by molar-refractivity contribution is -0.142. The molecule has 0 atom stereocenters. The second kappa shape index (κ2) is 8.11. The summed E-state index contributed by atoms with van der Waals surface area (Å²) >= 11 is 0. The third-order valence-corrected chi connectivity index (χ3v) is 4.66. The molecule has 2 heterocycles. The molecular weight excluding hydrogens is 348 g/mol. The highest BCUT2D eigenvalue weighted by atomic mass is 16.5. The molecule has 1 aromatic heterocycles. The molecule has 0 spiro atoms. The van der Waals surface area contributed by atoms with Crippen LogP contribution < -0.4 is 19.7 Å². The lowest BCUT2D eigenvalue weighted by atomic mass is 9.97. The molecule has 0 radical (unpaired) electrons. The van der Waals surface area contributed by atoms with E-state index in [1.165, 1.54) is 0 Å². The van der Waals surface area contributed by atoms with Gasteiger partial charge in [-0.25, -0.2) is 4.98 Å². The number of nitrogens with zero attached hydrogens (tertiary/aromatic N) is 3. The van der Waals surface area contributed by atoms with E-state index in [1.54, 1.807) is 14.2 Å². The summed E-state index contributed by atoms with van der Waals surface area (Å²) in [7, 11) is 3.20. The normalized spacial score (nSPS) is 14.7. The molecule has 8 heteroatoms. The van der Waals surface area contributed by atoms with Gasteiger partial charge in [-0.05, 0) is 31.9 Å². The van der Waals surface area contributed by atoms with Gasteiger partial charge in [0.25, 0.3) is 0 Å². The first-order valence-corrected chi connectivity index (χ1v) is 8.82. The number of aromatic nitrogens is 2. The molecule has 1 aromatic carbocycles. The van der Waals surface area contributed by atoms with Crippen LogP contribution in [-0.2, 0) is 4.79 Å². The predicted molar refractivity (Wildman–Crippen MR) is 102 cm³/mol. The van der Waals surface area contributed by atoms with Gasteiger partial charge in [-0.2, -0.15) is 4.98 Å². The first-order valence-electron chi connectivity index (χ1n) is 8.82. The van der Waals surface area contributed by atoms with Gasteiger partial charge in [0.15, 0.2) is 0 Å². The minimum absolute atomic E-state index is 0.275. The number of carboxylic acid groups (broad SMARTS) is 1. The first-order chi connectivity index (χ1) is 13.0. The van der Waals surface area contributed by atoms with Gasteiger partial charge in [0.2, 0.25) is 5.95 Å². The summed E-state index contributed by atoms with van der Waals surface area (Å²) in [4.78, 5) is 22.3. The number of anilines is 3. The van der Waals surface area contributed by atoms with E-state index in [-0.39, 0.29) is 5.92 Å². The maximum Gasteiger partial charge on any atom is 0.306 e. The van der Waals surface area contributed by atoms with Crippen molar-refractivity contribution in [1.29, 1.82) is 0 Å². The minimum atomic E-state index is -0.721. The van der Waals surface area contributed by atoms with Crippen molar-refractivity contribution in [1.82, 2.24) is 9.97 Å². The topological polar surface area (TPSA) is 96.8 Å². The average molecular weight is 372 g/mol. The van der Waals surface area contributed by atoms with Crippen LogP contribution in [0.3, 0.4) is 0 Å². The van der Waals surface area contributed by atoms with Gasteiger partial charge in [-0.15, -0.1) is 0 Å². The van der Waals surface area contributed by atoms with Gasteiger partial charge in [0.1, 0.15) is 17.3 Å². The van der Waals surface area contributed by atoms with Gasteiger partial charge in [-0.3, -0.25) is 4.79 Å². The largest absolute Gasteiger partial charge is 0.497 e. The summed E-state index contributed by atoms with van der Waals surface area (Å²) in [6.07, 6.45) is 1.23. The van der Waals surface area contributed by atoms with E-state index >= 15 is 0 Å². The van der Waals surface area contributed by atoms with E-state index in [1.807, 2.05) is 31.2 Å². The molecule has 1 aliphatic heterocycles. The van der Waals surface area contributed by atoms with Gasteiger partial charge in [0.05, 0.1) is 25.8 Å². The molecule has 27 heavy (non-hydrogen) atoms. The van der Waals surface area contributed by atoms with Crippen molar-refractivity contribution < 1.29 is 19.4 Å². The van der Waals surface area contributed by atoms with Crippen molar-refractivity contribution in [2.24, 2.45) is 5.92 Å². The number of aryl methyl sites for hydroxylation is 1. The predicted octanol–water partition coefficient (Wildman–Crippen LogP) is 2.85. The van der Waals surface area contributed by atoms with Crippen LogP contribution in [0, 0.1) is 12.8 Å². The van der Waals surface area contributed by atoms with Crippen molar-refractivity contribution in [3.63, 3.8) is 0 Å². The molecule has 0 unspecified atom stereocenters. The smallest absolute Gasteiger partial charge is 0.306 e. The molecule has 2 N–H and O–H groups in total. The van der Waals surface area contributed by atoms with Crippen LogP contribution in [0.25, 0.3) is 0 Å². The fourth-order valence-corrected chi connectivity index (χ4v) is 3.16.